The van der Waals surface area contributed by atoms with Crippen LogP contribution >= 0.6 is 0 Å². The van der Waals surface area contributed by atoms with Gasteiger partial charge in [0.05, 0.1) is 23.6 Å². The number of fused-ring (bicyclic) bond motifs is 3. The standard InChI is InChI=1S/C25H26N4O/c1-15-26-24-22(21-9-5-8-20(17-10-11-17)23(21)28-24)25(27-15)29-13-18(12-19(29)14-30)16-6-3-2-4-7-16/h2-9,17-19,30H,10-14H2,1H3,(H,26,27,28)/t18-,19+/m1/s1. The Labute approximate surface area is 175 Å². The van der Waals surface area contributed by atoms with Crippen LogP contribution in [-0.2, 0) is 0 Å². The lowest BCUT2D eigenvalue weighted by Crippen LogP contribution is -2.33. The van der Waals surface area contributed by atoms with Gasteiger partial charge >= 0.3 is 0 Å². The van der Waals surface area contributed by atoms with E-state index in [1.54, 1.807) is 0 Å². The van der Waals surface area contributed by atoms with Crippen molar-refractivity contribution < 1.29 is 5.11 Å². The van der Waals surface area contributed by atoms with Gasteiger partial charge in [0.2, 0.25) is 0 Å². The smallest absolute Gasteiger partial charge is 0.144 e. The van der Waals surface area contributed by atoms with Crippen molar-refractivity contribution in [2.24, 2.45) is 0 Å². The van der Waals surface area contributed by atoms with Gasteiger partial charge < -0.3 is 15.0 Å². The van der Waals surface area contributed by atoms with Gasteiger partial charge in [0.15, 0.2) is 0 Å². The zero-order valence-electron chi connectivity index (χ0n) is 17.2. The van der Waals surface area contributed by atoms with Crippen LogP contribution < -0.4 is 4.90 Å². The van der Waals surface area contributed by atoms with Gasteiger partial charge in [0.1, 0.15) is 17.3 Å². The summed E-state index contributed by atoms with van der Waals surface area (Å²) in [6.07, 6.45) is 3.47. The molecule has 2 N–H and O–H groups in total. The third-order valence-electron chi connectivity index (χ3n) is 6.80. The zero-order chi connectivity index (χ0) is 20.2. The van der Waals surface area contributed by atoms with Gasteiger partial charge in [-0.15, -0.1) is 0 Å². The number of aliphatic hydroxyl groups is 1. The normalized spacial score (nSPS) is 21.7. The molecule has 1 saturated heterocycles. The molecule has 0 bridgehead atoms. The number of H-pyrrole nitrogens is 1. The number of aromatic nitrogens is 3. The highest BCUT2D eigenvalue weighted by atomic mass is 16.3. The Morgan fingerprint density at radius 3 is 2.63 bits per heavy atom. The second kappa shape index (κ2) is 6.81. The van der Waals surface area contributed by atoms with Gasteiger partial charge in [0.25, 0.3) is 0 Å². The van der Waals surface area contributed by atoms with Crippen molar-refractivity contribution in [1.82, 2.24) is 15.0 Å². The molecule has 0 radical (unpaired) electrons. The van der Waals surface area contributed by atoms with Gasteiger partial charge in [-0.2, -0.15) is 0 Å². The largest absolute Gasteiger partial charge is 0.394 e. The molecule has 0 unspecified atom stereocenters. The Morgan fingerprint density at radius 2 is 1.87 bits per heavy atom. The summed E-state index contributed by atoms with van der Waals surface area (Å²) in [4.78, 5) is 15.6. The molecule has 2 aromatic heterocycles. The molecule has 1 aliphatic carbocycles. The Morgan fingerprint density at radius 1 is 1.03 bits per heavy atom. The molecule has 1 aliphatic heterocycles. The molecule has 152 valence electrons. The summed E-state index contributed by atoms with van der Waals surface area (Å²) in [6, 6.07) is 17.3. The van der Waals surface area contributed by atoms with Crippen molar-refractivity contribution in [1.29, 1.82) is 0 Å². The minimum atomic E-state index is 0.0595. The van der Waals surface area contributed by atoms with Crippen molar-refractivity contribution in [3.05, 3.63) is 65.5 Å². The molecule has 0 amide bonds. The Balaban J connectivity index is 1.51. The summed E-state index contributed by atoms with van der Waals surface area (Å²) < 4.78 is 0. The predicted molar refractivity (Wildman–Crippen MR) is 120 cm³/mol. The van der Waals surface area contributed by atoms with E-state index >= 15 is 0 Å². The van der Waals surface area contributed by atoms with E-state index in [9.17, 15) is 5.11 Å². The van der Waals surface area contributed by atoms with Gasteiger partial charge in [-0.05, 0) is 43.2 Å². The molecule has 5 heteroatoms. The van der Waals surface area contributed by atoms with E-state index in [2.05, 4.69) is 58.4 Å². The fraction of sp³-hybridized carbons (Fsp3) is 0.360. The third-order valence-corrected chi connectivity index (χ3v) is 6.80. The van der Waals surface area contributed by atoms with E-state index in [1.165, 1.54) is 34.9 Å². The van der Waals surface area contributed by atoms with Crippen molar-refractivity contribution in [3.8, 4) is 0 Å². The maximum atomic E-state index is 10.2. The summed E-state index contributed by atoms with van der Waals surface area (Å²) in [5.41, 5.74) is 4.84. The lowest BCUT2D eigenvalue weighted by atomic mass is 9.97. The second-order valence-corrected chi connectivity index (χ2v) is 8.82. The number of benzene rings is 2. The lowest BCUT2D eigenvalue weighted by Gasteiger charge is -2.25. The average Bonchev–Trinajstić information content (AvgIpc) is 3.41. The van der Waals surface area contributed by atoms with E-state index in [4.69, 9.17) is 9.97 Å². The number of hydrogen-bond donors (Lipinski definition) is 2. The molecule has 5 nitrogen and oxygen atoms in total. The molecule has 30 heavy (non-hydrogen) atoms. The van der Waals surface area contributed by atoms with Gasteiger partial charge in [-0.25, -0.2) is 9.97 Å². The number of nitrogens with zero attached hydrogens (tertiary/aromatic N) is 3. The number of anilines is 1. The number of aryl methyl sites for hydroxylation is 1. The minimum absolute atomic E-state index is 0.0595. The molecule has 3 heterocycles. The Bertz CT molecular complexity index is 1230. The van der Waals surface area contributed by atoms with E-state index in [0.29, 0.717) is 11.8 Å². The monoisotopic (exact) mass is 398 g/mol. The first-order valence-corrected chi connectivity index (χ1v) is 10.9. The van der Waals surface area contributed by atoms with Gasteiger partial charge in [-0.1, -0.05) is 48.5 Å². The van der Waals surface area contributed by atoms with Crippen LogP contribution in [0.2, 0.25) is 0 Å². The van der Waals surface area contributed by atoms with E-state index in [-0.39, 0.29) is 12.6 Å². The molecule has 2 atom stereocenters. The predicted octanol–water partition coefficient (Wildman–Crippen LogP) is 4.65. The first-order valence-electron chi connectivity index (χ1n) is 10.9. The fourth-order valence-corrected chi connectivity index (χ4v) is 5.19. The molecular formula is C25H26N4O. The van der Waals surface area contributed by atoms with E-state index < -0.39 is 0 Å². The van der Waals surface area contributed by atoms with Crippen molar-refractivity contribution >= 4 is 27.8 Å². The number of para-hydroxylation sites is 1. The van der Waals surface area contributed by atoms with Crippen LogP contribution in [0.1, 0.15) is 48.0 Å². The first-order chi connectivity index (χ1) is 14.7. The van der Waals surface area contributed by atoms with Crippen LogP contribution in [0.3, 0.4) is 0 Å². The molecular weight excluding hydrogens is 372 g/mol. The highest BCUT2D eigenvalue weighted by molar-refractivity contribution is 6.12. The minimum Gasteiger partial charge on any atom is -0.394 e. The van der Waals surface area contributed by atoms with E-state index in [0.717, 1.165) is 35.6 Å². The molecule has 0 spiro atoms. The number of rotatable bonds is 4. The Hall–Kier alpha value is -2.92. The summed E-state index contributed by atoms with van der Waals surface area (Å²) in [5, 5.41) is 12.5. The van der Waals surface area contributed by atoms with E-state index in [1.807, 2.05) is 6.92 Å². The SMILES string of the molecule is Cc1nc(N2C[C@H](c3ccccc3)C[C@H]2CO)c2c(n1)[nH]c1c(C3CC3)cccc12. The maximum Gasteiger partial charge on any atom is 0.144 e. The third kappa shape index (κ3) is 2.80. The highest BCUT2D eigenvalue weighted by Gasteiger charge is 2.35. The lowest BCUT2D eigenvalue weighted by molar-refractivity contribution is 0.265. The zero-order valence-corrected chi connectivity index (χ0v) is 17.2. The van der Waals surface area contributed by atoms with Crippen LogP contribution in [0, 0.1) is 6.92 Å². The number of nitrogens with one attached hydrogen (secondary N) is 1. The Kier molecular flexibility index (Phi) is 4.06. The van der Waals surface area contributed by atoms with Gasteiger partial charge in [0, 0.05) is 17.8 Å². The molecule has 4 aromatic rings. The van der Waals surface area contributed by atoms with Crippen LogP contribution in [0.25, 0.3) is 21.9 Å². The first kappa shape index (κ1) is 17.9. The van der Waals surface area contributed by atoms with Gasteiger partial charge in [-0.3, -0.25) is 0 Å². The topological polar surface area (TPSA) is 65.0 Å². The average molecular weight is 399 g/mol. The number of aromatic amines is 1. The van der Waals surface area contributed by atoms with Crippen LogP contribution in [0.15, 0.2) is 48.5 Å². The fourth-order valence-electron chi connectivity index (χ4n) is 5.19. The second-order valence-electron chi connectivity index (χ2n) is 8.82. The van der Waals surface area contributed by atoms with Crippen LogP contribution in [0.4, 0.5) is 5.82 Å². The summed E-state index contributed by atoms with van der Waals surface area (Å²) in [6.45, 7) is 2.94. The summed E-state index contributed by atoms with van der Waals surface area (Å²) >= 11 is 0. The van der Waals surface area contributed by atoms with Crippen LogP contribution in [-0.4, -0.2) is 39.3 Å². The molecule has 6 rings (SSSR count). The maximum absolute atomic E-state index is 10.2. The molecule has 2 fully saturated rings. The summed E-state index contributed by atoms with van der Waals surface area (Å²) in [5.74, 6) is 2.77. The molecule has 2 aliphatic rings. The quantitative estimate of drug-likeness (QED) is 0.525. The van der Waals surface area contributed by atoms with Crippen LogP contribution in [0.5, 0.6) is 0 Å². The summed E-state index contributed by atoms with van der Waals surface area (Å²) in [7, 11) is 0. The molecule has 1 saturated carbocycles. The molecule has 2 aromatic carbocycles. The van der Waals surface area contributed by atoms with Crippen molar-refractivity contribution in [2.75, 3.05) is 18.1 Å². The highest BCUT2D eigenvalue weighted by Crippen LogP contribution is 2.45. The number of aliphatic hydroxyl groups excluding tert-OH is 1. The van der Waals surface area contributed by atoms with Crippen molar-refractivity contribution in [3.63, 3.8) is 0 Å². The van der Waals surface area contributed by atoms with Crippen molar-refractivity contribution in [2.45, 2.75) is 44.1 Å². The number of hydrogen-bond acceptors (Lipinski definition) is 4.